The van der Waals surface area contributed by atoms with Crippen LogP contribution in [0.3, 0.4) is 0 Å². The van der Waals surface area contributed by atoms with Gasteiger partial charge in [-0.25, -0.2) is 0 Å². The van der Waals surface area contributed by atoms with E-state index in [2.05, 4.69) is 10.6 Å². The fraction of sp³-hybridized carbons (Fsp3) is 0.556. The number of carbonyl (C=O) groups excluding carboxylic acids is 2. The van der Waals surface area contributed by atoms with E-state index < -0.39 is 6.04 Å². The molecular formula is C18H32Cl2N4O3. The van der Waals surface area contributed by atoms with Gasteiger partial charge in [-0.05, 0) is 37.7 Å². The van der Waals surface area contributed by atoms with Crippen molar-refractivity contribution in [2.24, 2.45) is 11.7 Å². The third-order valence-corrected chi connectivity index (χ3v) is 4.04. The lowest BCUT2D eigenvalue weighted by Crippen LogP contribution is -2.47. The summed E-state index contributed by atoms with van der Waals surface area (Å²) in [4.78, 5) is 25.8. The van der Waals surface area contributed by atoms with Crippen LogP contribution in [0, 0.1) is 5.92 Å². The molecule has 7 nitrogen and oxygen atoms in total. The van der Waals surface area contributed by atoms with Gasteiger partial charge in [0, 0.05) is 6.54 Å². The number of methoxy groups -OCH3 is 1. The molecule has 0 radical (unpaired) electrons. The Morgan fingerprint density at radius 3 is 2.33 bits per heavy atom. The predicted molar refractivity (Wildman–Crippen MR) is 113 cm³/mol. The number of hydrogen-bond acceptors (Lipinski definition) is 5. The molecule has 0 saturated carbocycles. The third-order valence-electron chi connectivity index (χ3n) is 4.04. The minimum absolute atomic E-state index is 0. The second kappa shape index (κ2) is 13.6. The van der Waals surface area contributed by atoms with Crippen LogP contribution in [-0.4, -0.2) is 57.1 Å². The Kier molecular flexibility index (Phi) is 13.9. The van der Waals surface area contributed by atoms with Crippen molar-refractivity contribution >= 4 is 36.6 Å². The van der Waals surface area contributed by atoms with Crippen LogP contribution >= 0.6 is 24.8 Å². The molecule has 0 aromatic heterocycles. The van der Waals surface area contributed by atoms with Gasteiger partial charge in [-0.3, -0.25) is 9.59 Å². The van der Waals surface area contributed by atoms with Gasteiger partial charge >= 0.3 is 0 Å². The number of nitrogens with two attached hydrogens (primary N) is 1. The van der Waals surface area contributed by atoms with Gasteiger partial charge in [0.25, 0.3) is 0 Å². The van der Waals surface area contributed by atoms with Crippen molar-refractivity contribution in [3.05, 3.63) is 29.8 Å². The number of ether oxygens (including phenoxy) is 1. The number of hydrogen-bond donors (Lipinski definition) is 3. The number of carbonyl (C=O) groups is 2. The fourth-order valence-corrected chi connectivity index (χ4v) is 2.31. The molecule has 0 fully saturated rings. The van der Waals surface area contributed by atoms with Crippen LogP contribution < -0.4 is 21.1 Å². The summed E-state index contributed by atoms with van der Waals surface area (Å²) >= 11 is 0. The minimum Gasteiger partial charge on any atom is -0.497 e. The molecule has 1 unspecified atom stereocenters. The highest BCUT2D eigenvalue weighted by Crippen LogP contribution is 2.21. The van der Waals surface area contributed by atoms with Gasteiger partial charge in [-0.15, -0.1) is 24.8 Å². The van der Waals surface area contributed by atoms with Crippen molar-refractivity contribution in [1.82, 2.24) is 15.5 Å². The third kappa shape index (κ3) is 9.28. The monoisotopic (exact) mass is 422 g/mol. The summed E-state index contributed by atoms with van der Waals surface area (Å²) < 4.78 is 5.25. The minimum atomic E-state index is -0.612. The van der Waals surface area contributed by atoms with Crippen molar-refractivity contribution in [3.63, 3.8) is 0 Å². The lowest BCUT2D eigenvalue weighted by molar-refractivity contribution is -0.127. The van der Waals surface area contributed by atoms with Gasteiger partial charge in [0.15, 0.2) is 0 Å². The molecule has 27 heavy (non-hydrogen) atoms. The molecule has 0 spiro atoms. The van der Waals surface area contributed by atoms with Crippen molar-refractivity contribution in [1.29, 1.82) is 0 Å². The van der Waals surface area contributed by atoms with E-state index in [-0.39, 0.29) is 55.1 Å². The molecule has 0 aliphatic rings. The molecule has 156 valence electrons. The van der Waals surface area contributed by atoms with Crippen LogP contribution in [0.25, 0.3) is 0 Å². The molecule has 0 saturated heterocycles. The van der Waals surface area contributed by atoms with Gasteiger partial charge in [-0.2, -0.15) is 0 Å². The molecule has 0 aliphatic heterocycles. The highest BCUT2D eigenvalue weighted by molar-refractivity contribution is 5.87. The van der Waals surface area contributed by atoms with E-state index >= 15 is 0 Å². The molecule has 1 aromatic carbocycles. The summed E-state index contributed by atoms with van der Waals surface area (Å²) in [6, 6.07) is 7.11. The SMILES string of the molecule is COc1cccc(C(CNC(=O)CNC(=O)[C@@H](N)C(C)C)N(C)C)c1.Cl.Cl. The van der Waals surface area contributed by atoms with Crippen molar-refractivity contribution in [2.75, 3.05) is 34.3 Å². The van der Waals surface area contributed by atoms with Crippen LogP contribution in [0.1, 0.15) is 25.5 Å². The first-order valence-corrected chi connectivity index (χ1v) is 8.36. The maximum absolute atomic E-state index is 12.0. The summed E-state index contributed by atoms with van der Waals surface area (Å²) in [5.41, 5.74) is 6.79. The standard InChI is InChI=1S/C18H30N4O3.2ClH/c1-12(2)17(19)18(24)21-11-16(23)20-10-15(22(3)4)13-7-6-8-14(9-13)25-5;;/h6-9,12,15,17H,10-11,19H2,1-5H3,(H,20,23)(H,21,24);2*1H/t15?,17-;;/m0../s1. The normalized spacial score (nSPS) is 12.4. The van der Waals surface area contributed by atoms with E-state index in [0.29, 0.717) is 6.54 Å². The number of amides is 2. The number of benzene rings is 1. The number of nitrogens with zero attached hydrogens (tertiary/aromatic N) is 1. The quantitative estimate of drug-likeness (QED) is 0.557. The van der Waals surface area contributed by atoms with Crippen molar-refractivity contribution < 1.29 is 14.3 Å². The van der Waals surface area contributed by atoms with E-state index in [9.17, 15) is 9.59 Å². The number of rotatable bonds is 9. The molecule has 9 heteroatoms. The molecule has 2 atom stereocenters. The Morgan fingerprint density at radius 2 is 1.81 bits per heavy atom. The summed E-state index contributed by atoms with van der Waals surface area (Å²) in [7, 11) is 5.51. The van der Waals surface area contributed by atoms with Crippen LogP contribution in [0.2, 0.25) is 0 Å². The van der Waals surface area contributed by atoms with Crippen LogP contribution in [0.5, 0.6) is 5.75 Å². The van der Waals surface area contributed by atoms with E-state index in [1.807, 2.05) is 57.1 Å². The Balaban J connectivity index is 0. The predicted octanol–water partition coefficient (Wildman–Crippen LogP) is 1.36. The second-order valence-electron chi connectivity index (χ2n) is 6.55. The zero-order valence-electron chi connectivity index (χ0n) is 16.5. The fourth-order valence-electron chi connectivity index (χ4n) is 2.31. The van der Waals surface area contributed by atoms with E-state index in [0.717, 1.165) is 11.3 Å². The molecule has 0 heterocycles. The first-order valence-electron chi connectivity index (χ1n) is 8.36. The van der Waals surface area contributed by atoms with Gasteiger partial charge < -0.3 is 26.0 Å². The molecule has 2 amide bonds. The van der Waals surface area contributed by atoms with Gasteiger partial charge in [-0.1, -0.05) is 26.0 Å². The van der Waals surface area contributed by atoms with E-state index in [1.165, 1.54) is 0 Å². The number of nitrogens with one attached hydrogen (secondary N) is 2. The highest BCUT2D eigenvalue weighted by atomic mass is 35.5. The van der Waals surface area contributed by atoms with Crippen molar-refractivity contribution in [2.45, 2.75) is 25.9 Å². The van der Waals surface area contributed by atoms with Gasteiger partial charge in [0.2, 0.25) is 11.8 Å². The topological polar surface area (TPSA) is 96.7 Å². The molecule has 0 aliphatic carbocycles. The average molecular weight is 423 g/mol. The summed E-state index contributed by atoms with van der Waals surface area (Å²) in [5.74, 6) is 0.223. The summed E-state index contributed by atoms with van der Waals surface area (Å²) in [6.07, 6.45) is 0. The van der Waals surface area contributed by atoms with E-state index in [1.54, 1.807) is 7.11 Å². The van der Waals surface area contributed by atoms with Crippen LogP contribution in [0.15, 0.2) is 24.3 Å². The lowest BCUT2D eigenvalue weighted by atomic mass is 10.1. The molecule has 4 N–H and O–H groups in total. The Labute approximate surface area is 174 Å². The summed E-state index contributed by atoms with van der Waals surface area (Å²) in [6.45, 7) is 4.06. The Bertz CT molecular complexity index is 585. The smallest absolute Gasteiger partial charge is 0.239 e. The van der Waals surface area contributed by atoms with Crippen LogP contribution in [0.4, 0.5) is 0 Å². The first kappa shape index (κ1) is 27.7. The van der Waals surface area contributed by atoms with Gasteiger partial charge in [0.05, 0.1) is 25.7 Å². The molecule has 1 rings (SSSR count). The van der Waals surface area contributed by atoms with Crippen molar-refractivity contribution in [3.8, 4) is 5.75 Å². The first-order chi connectivity index (χ1) is 11.8. The Morgan fingerprint density at radius 1 is 1.19 bits per heavy atom. The van der Waals surface area contributed by atoms with E-state index in [4.69, 9.17) is 10.5 Å². The number of halogens is 2. The average Bonchev–Trinajstić information content (AvgIpc) is 2.58. The largest absolute Gasteiger partial charge is 0.497 e. The molecule has 1 aromatic rings. The zero-order chi connectivity index (χ0) is 19.0. The lowest BCUT2D eigenvalue weighted by Gasteiger charge is -2.25. The maximum Gasteiger partial charge on any atom is 0.239 e. The Hall–Kier alpha value is -1.54. The van der Waals surface area contributed by atoms with Gasteiger partial charge in [0.1, 0.15) is 5.75 Å². The van der Waals surface area contributed by atoms with Crippen LogP contribution in [-0.2, 0) is 9.59 Å². The number of likely N-dealkylation sites (N-methyl/N-ethyl adjacent to an activating group) is 1. The maximum atomic E-state index is 12.0. The zero-order valence-corrected chi connectivity index (χ0v) is 18.2. The molecular weight excluding hydrogens is 391 g/mol. The highest BCUT2D eigenvalue weighted by Gasteiger charge is 2.19. The second-order valence-corrected chi connectivity index (χ2v) is 6.55. The molecule has 0 bridgehead atoms. The summed E-state index contributed by atoms with van der Waals surface area (Å²) in [5, 5.41) is 5.41.